The van der Waals surface area contributed by atoms with Crippen molar-refractivity contribution in [2.45, 2.75) is 49.3 Å². The standard InChI is InChI=1S/C25H25F6N5O2/c1-16(17-9-19(24(26,27)28)11-20(10-17)25(29,30)31)38-15-23(18-5-3-2-4-6-18)8-7-22(13-33-35-32)14-36(23)12-21(37)34-22/h2-6,9-11,16H,7-8,12-15H2,1H3,(H,34,37)/t16-,22+,23-/m1/s1. The number of amides is 1. The highest BCUT2D eigenvalue weighted by atomic mass is 19.4. The predicted octanol–water partition coefficient (Wildman–Crippen LogP) is 5.97. The molecule has 0 saturated carbocycles. The first kappa shape index (κ1) is 27.7. The third-order valence-corrected chi connectivity index (χ3v) is 7.25. The molecule has 2 aliphatic rings. The first-order valence-corrected chi connectivity index (χ1v) is 11.8. The highest BCUT2D eigenvalue weighted by Gasteiger charge is 2.52. The number of ether oxygens (including phenoxy) is 1. The van der Waals surface area contributed by atoms with Crippen LogP contribution in [-0.2, 0) is 27.4 Å². The number of halogens is 6. The van der Waals surface area contributed by atoms with Gasteiger partial charge in [-0.1, -0.05) is 35.4 Å². The number of hydrogen-bond acceptors (Lipinski definition) is 4. The predicted molar refractivity (Wildman–Crippen MR) is 125 cm³/mol. The summed E-state index contributed by atoms with van der Waals surface area (Å²) in [6.07, 6.45) is -10.2. The van der Waals surface area contributed by atoms with Crippen molar-refractivity contribution in [2.75, 3.05) is 26.2 Å². The Bertz CT molecular complexity index is 1190. The molecule has 2 aromatic rings. The maximum absolute atomic E-state index is 13.4. The summed E-state index contributed by atoms with van der Waals surface area (Å²) in [7, 11) is 0. The topological polar surface area (TPSA) is 90.3 Å². The van der Waals surface area contributed by atoms with Crippen LogP contribution in [0.1, 0.15) is 48.1 Å². The minimum atomic E-state index is -4.97. The van der Waals surface area contributed by atoms with Crippen LogP contribution in [0, 0.1) is 0 Å². The van der Waals surface area contributed by atoms with Crippen LogP contribution >= 0.6 is 0 Å². The van der Waals surface area contributed by atoms with Gasteiger partial charge in [-0.3, -0.25) is 9.69 Å². The van der Waals surface area contributed by atoms with E-state index in [1.807, 2.05) is 17.0 Å². The SMILES string of the molecule is C[C@@H](OC[C@@]1(c2ccccc2)CC[C@]2(CN=[N+]=[N-])CN1CC(=O)N2)c1cc(C(F)(F)F)cc(C(F)(F)F)c1. The molecule has 2 aliphatic heterocycles. The van der Waals surface area contributed by atoms with Gasteiger partial charge >= 0.3 is 12.4 Å². The quantitative estimate of drug-likeness (QED) is 0.203. The second-order valence-electron chi connectivity index (χ2n) is 9.76. The van der Waals surface area contributed by atoms with Gasteiger partial charge in [0.2, 0.25) is 5.91 Å². The number of nitrogens with one attached hydrogen (secondary N) is 1. The number of rotatable bonds is 7. The van der Waals surface area contributed by atoms with Crippen LogP contribution in [0.25, 0.3) is 10.4 Å². The van der Waals surface area contributed by atoms with Gasteiger partial charge in [-0.25, -0.2) is 0 Å². The van der Waals surface area contributed by atoms with Crippen LogP contribution in [0.15, 0.2) is 53.6 Å². The molecule has 1 unspecified atom stereocenters. The van der Waals surface area contributed by atoms with Crippen LogP contribution in [0.2, 0.25) is 0 Å². The van der Waals surface area contributed by atoms with Crippen LogP contribution in [0.3, 0.4) is 0 Å². The zero-order valence-corrected chi connectivity index (χ0v) is 20.3. The van der Waals surface area contributed by atoms with Gasteiger partial charge < -0.3 is 10.1 Å². The second-order valence-corrected chi connectivity index (χ2v) is 9.76. The van der Waals surface area contributed by atoms with E-state index < -0.39 is 40.7 Å². The monoisotopic (exact) mass is 541 g/mol. The molecule has 2 bridgehead atoms. The molecule has 7 nitrogen and oxygen atoms in total. The Morgan fingerprint density at radius 3 is 2.29 bits per heavy atom. The summed E-state index contributed by atoms with van der Waals surface area (Å²) in [6, 6.07) is 10.5. The van der Waals surface area contributed by atoms with Crippen molar-refractivity contribution in [1.29, 1.82) is 0 Å². The Labute approximate surface area is 214 Å². The van der Waals surface area contributed by atoms with Crippen LogP contribution in [0.5, 0.6) is 0 Å². The molecule has 2 fully saturated rings. The summed E-state index contributed by atoms with van der Waals surface area (Å²) < 4.78 is 86.3. The van der Waals surface area contributed by atoms with Crippen molar-refractivity contribution in [2.24, 2.45) is 5.11 Å². The molecule has 0 aromatic heterocycles. The Balaban J connectivity index is 1.67. The van der Waals surface area contributed by atoms with Crippen molar-refractivity contribution in [3.63, 3.8) is 0 Å². The highest BCUT2D eigenvalue weighted by Crippen LogP contribution is 2.44. The molecule has 0 aliphatic carbocycles. The molecular weight excluding hydrogens is 516 g/mol. The van der Waals surface area contributed by atoms with E-state index in [0.717, 1.165) is 5.56 Å². The summed E-state index contributed by atoms with van der Waals surface area (Å²) >= 11 is 0. The molecule has 2 heterocycles. The number of alkyl halides is 6. The lowest BCUT2D eigenvalue weighted by Gasteiger charge is -2.56. The third kappa shape index (κ3) is 5.59. The second kappa shape index (κ2) is 10.1. The molecule has 204 valence electrons. The molecule has 4 atom stereocenters. The van der Waals surface area contributed by atoms with Gasteiger partial charge in [0.25, 0.3) is 0 Å². The first-order chi connectivity index (χ1) is 17.8. The van der Waals surface area contributed by atoms with Crippen molar-refractivity contribution >= 4 is 5.91 Å². The van der Waals surface area contributed by atoms with E-state index in [0.29, 0.717) is 31.5 Å². The van der Waals surface area contributed by atoms with E-state index in [4.69, 9.17) is 10.3 Å². The van der Waals surface area contributed by atoms with E-state index in [-0.39, 0.29) is 37.2 Å². The van der Waals surface area contributed by atoms with Crippen molar-refractivity contribution in [3.8, 4) is 0 Å². The number of carbonyl (C=O) groups is 1. The lowest BCUT2D eigenvalue weighted by Crippen LogP contribution is -2.72. The fourth-order valence-electron chi connectivity index (χ4n) is 5.25. The Hall–Kier alpha value is -3.28. The fourth-order valence-corrected chi connectivity index (χ4v) is 5.25. The smallest absolute Gasteiger partial charge is 0.372 e. The average Bonchev–Trinajstić information content (AvgIpc) is 2.86. The van der Waals surface area contributed by atoms with Gasteiger partial charge in [-0.05, 0) is 54.6 Å². The summed E-state index contributed by atoms with van der Waals surface area (Å²) in [5.41, 5.74) is 4.83. The van der Waals surface area contributed by atoms with Gasteiger partial charge in [0.05, 0.1) is 48.0 Å². The fraction of sp³-hybridized carbons (Fsp3) is 0.480. The normalized spacial score (nSPS) is 26.3. The van der Waals surface area contributed by atoms with Gasteiger partial charge in [0.1, 0.15) is 0 Å². The van der Waals surface area contributed by atoms with Crippen LogP contribution < -0.4 is 5.32 Å². The lowest BCUT2D eigenvalue weighted by molar-refractivity contribution is -0.143. The van der Waals surface area contributed by atoms with E-state index >= 15 is 0 Å². The molecular formula is C25H25F6N5O2. The number of azide groups is 1. The molecule has 0 radical (unpaired) electrons. The average molecular weight is 541 g/mol. The zero-order chi connectivity index (χ0) is 27.8. The first-order valence-electron chi connectivity index (χ1n) is 11.8. The maximum atomic E-state index is 13.4. The largest absolute Gasteiger partial charge is 0.416 e. The number of hydrogen-bond donors (Lipinski definition) is 1. The van der Waals surface area contributed by atoms with E-state index in [9.17, 15) is 31.1 Å². The molecule has 1 N–H and O–H groups in total. The summed E-state index contributed by atoms with van der Waals surface area (Å²) in [4.78, 5) is 17.3. The number of piperidine rings is 1. The van der Waals surface area contributed by atoms with Crippen molar-refractivity contribution in [3.05, 3.63) is 81.2 Å². The minimum Gasteiger partial charge on any atom is -0.372 e. The van der Waals surface area contributed by atoms with E-state index in [1.54, 1.807) is 18.2 Å². The van der Waals surface area contributed by atoms with Crippen molar-refractivity contribution < 1.29 is 35.9 Å². The van der Waals surface area contributed by atoms with Gasteiger partial charge in [-0.2, -0.15) is 26.3 Å². The zero-order valence-electron chi connectivity index (χ0n) is 20.3. The Morgan fingerprint density at radius 2 is 1.71 bits per heavy atom. The maximum Gasteiger partial charge on any atom is 0.416 e. The summed E-state index contributed by atoms with van der Waals surface area (Å²) in [5, 5.41) is 6.57. The highest BCUT2D eigenvalue weighted by molar-refractivity contribution is 5.80. The minimum absolute atomic E-state index is 0.00751. The number of piperazine rings is 1. The number of benzene rings is 2. The number of carbonyl (C=O) groups excluding carboxylic acids is 1. The Kier molecular flexibility index (Phi) is 7.39. The summed E-state index contributed by atoms with van der Waals surface area (Å²) in [6.45, 7) is 1.66. The molecule has 13 heteroatoms. The van der Waals surface area contributed by atoms with Gasteiger partial charge in [0.15, 0.2) is 0 Å². The third-order valence-electron chi connectivity index (χ3n) is 7.25. The molecule has 2 saturated heterocycles. The lowest BCUT2D eigenvalue weighted by atomic mass is 9.73. The van der Waals surface area contributed by atoms with Crippen molar-refractivity contribution in [1.82, 2.24) is 10.2 Å². The number of nitrogens with zero attached hydrogens (tertiary/aromatic N) is 4. The molecule has 4 rings (SSSR count). The summed E-state index contributed by atoms with van der Waals surface area (Å²) in [5.74, 6) is -0.287. The van der Waals surface area contributed by atoms with Crippen LogP contribution in [-0.4, -0.2) is 42.6 Å². The molecule has 38 heavy (non-hydrogen) atoms. The molecule has 0 spiro atoms. The van der Waals surface area contributed by atoms with Gasteiger partial charge in [-0.15, -0.1) is 0 Å². The van der Waals surface area contributed by atoms with Crippen LogP contribution in [0.4, 0.5) is 26.3 Å². The van der Waals surface area contributed by atoms with E-state index in [1.165, 1.54) is 6.92 Å². The van der Waals surface area contributed by atoms with E-state index in [2.05, 4.69) is 15.3 Å². The number of fused-ring (bicyclic) bond motifs is 2. The van der Waals surface area contributed by atoms with Gasteiger partial charge in [0, 0.05) is 11.5 Å². The molecule has 2 aromatic carbocycles. The molecule has 1 amide bonds. The Morgan fingerprint density at radius 1 is 1.08 bits per heavy atom.